The fraction of sp³-hybridized carbons (Fsp3) is 0.571. The molecular weight excluding hydrogens is 264 g/mol. The van der Waals surface area contributed by atoms with Crippen molar-refractivity contribution in [3.63, 3.8) is 0 Å². The van der Waals surface area contributed by atoms with E-state index in [2.05, 4.69) is 44.1 Å². The number of unbranched alkanes of at least 4 members (excludes halogenated alkanes) is 1. The third-order valence-electron chi connectivity index (χ3n) is 2.43. The number of hydrogen-bond donors (Lipinski definition) is 1. The summed E-state index contributed by atoms with van der Waals surface area (Å²) in [5, 5.41) is 0. The fourth-order valence-electron chi connectivity index (χ4n) is 1.19. The Bertz CT molecular complexity index is 277. The molecule has 0 N–H and O–H groups in total. The highest BCUT2D eigenvalue weighted by Crippen LogP contribution is 2.12. The molecule has 0 radical (unpaired) electrons. The lowest BCUT2D eigenvalue weighted by Crippen LogP contribution is -2.12. The monoisotopic (exact) mass is 288 g/mol. The maximum absolute atomic E-state index is 10.8. The number of rotatable bonds is 8. The van der Waals surface area contributed by atoms with E-state index in [1.807, 2.05) is 0 Å². The van der Waals surface area contributed by atoms with Crippen LogP contribution in [0, 0.1) is 5.92 Å². The number of carbonyl (C=O) groups is 2. The second kappa shape index (κ2) is 14.8. The van der Waals surface area contributed by atoms with Gasteiger partial charge in [0, 0.05) is 25.1 Å². The van der Waals surface area contributed by atoms with Crippen molar-refractivity contribution >= 4 is 24.8 Å². The summed E-state index contributed by atoms with van der Waals surface area (Å²) in [4.78, 5) is 20.5. The van der Waals surface area contributed by atoms with Crippen LogP contribution < -0.4 is 0 Å². The molecule has 1 unspecified atom stereocenters. The number of ether oxygens (including phenoxy) is 1. The highest BCUT2D eigenvalue weighted by Gasteiger charge is 2.07. The van der Waals surface area contributed by atoms with E-state index in [0.29, 0.717) is 12.5 Å². The normalized spacial score (nSPS) is 10.5. The largest absolute Gasteiger partial charge is 0.462 e. The van der Waals surface area contributed by atoms with Gasteiger partial charge in [0.25, 0.3) is 0 Å². The predicted octanol–water partition coefficient (Wildman–Crippen LogP) is 3.49. The van der Waals surface area contributed by atoms with Crippen LogP contribution in [0.3, 0.4) is 0 Å². The standard InChI is InChI=1S/C11H20O2.C3H4O2S/c1-4-7-8-10(5-2)9-13-11(12)6-3;1-2-3(4)5-6/h6,10H,3-5,7-9H2,1-2H3;2,6H,1H2. The molecule has 0 rings (SSSR count). The summed E-state index contributed by atoms with van der Waals surface area (Å²) in [7, 11) is 0. The van der Waals surface area contributed by atoms with E-state index in [9.17, 15) is 9.59 Å². The van der Waals surface area contributed by atoms with Crippen molar-refractivity contribution in [2.75, 3.05) is 6.61 Å². The molecule has 0 aliphatic rings. The molecule has 0 fully saturated rings. The molecule has 0 heterocycles. The van der Waals surface area contributed by atoms with Gasteiger partial charge in [-0.05, 0) is 12.3 Å². The van der Waals surface area contributed by atoms with Gasteiger partial charge in [0.05, 0.1) is 6.61 Å². The predicted molar refractivity (Wildman–Crippen MR) is 79.7 cm³/mol. The van der Waals surface area contributed by atoms with Crippen molar-refractivity contribution in [2.24, 2.45) is 5.92 Å². The molecule has 0 aliphatic carbocycles. The zero-order chi connectivity index (χ0) is 15.1. The van der Waals surface area contributed by atoms with Crippen LogP contribution >= 0.6 is 12.9 Å². The van der Waals surface area contributed by atoms with E-state index in [-0.39, 0.29) is 5.97 Å². The zero-order valence-corrected chi connectivity index (χ0v) is 12.7. The highest BCUT2D eigenvalue weighted by molar-refractivity contribution is 7.75. The number of carbonyl (C=O) groups excluding carboxylic acids is 2. The summed E-state index contributed by atoms with van der Waals surface area (Å²) in [5.41, 5.74) is 0. The van der Waals surface area contributed by atoms with Crippen molar-refractivity contribution in [2.45, 2.75) is 39.5 Å². The SMILES string of the molecule is C=CC(=O)OCC(CC)CCCC.C=CC(=O)OS. The molecule has 4 nitrogen and oxygen atoms in total. The van der Waals surface area contributed by atoms with Crippen molar-refractivity contribution in [3.05, 3.63) is 25.3 Å². The van der Waals surface area contributed by atoms with Gasteiger partial charge in [0.2, 0.25) is 0 Å². The third kappa shape index (κ3) is 14.7. The van der Waals surface area contributed by atoms with E-state index >= 15 is 0 Å². The van der Waals surface area contributed by atoms with E-state index in [4.69, 9.17) is 4.74 Å². The van der Waals surface area contributed by atoms with Crippen molar-refractivity contribution in [3.8, 4) is 0 Å². The molecule has 0 aromatic rings. The van der Waals surface area contributed by atoms with Gasteiger partial charge in [-0.15, -0.1) is 0 Å². The quantitative estimate of drug-likeness (QED) is 0.321. The molecule has 0 aromatic carbocycles. The van der Waals surface area contributed by atoms with Crippen molar-refractivity contribution < 1.29 is 18.5 Å². The third-order valence-corrected chi connectivity index (χ3v) is 2.61. The molecule has 0 aromatic heterocycles. The van der Waals surface area contributed by atoms with Gasteiger partial charge in [-0.2, -0.15) is 0 Å². The summed E-state index contributed by atoms with van der Waals surface area (Å²) >= 11 is 3.17. The van der Waals surface area contributed by atoms with Gasteiger partial charge in [-0.1, -0.05) is 46.3 Å². The first-order valence-electron chi connectivity index (χ1n) is 6.32. The van der Waals surface area contributed by atoms with Gasteiger partial charge in [0.15, 0.2) is 0 Å². The van der Waals surface area contributed by atoms with E-state index < -0.39 is 5.97 Å². The van der Waals surface area contributed by atoms with Gasteiger partial charge in [0.1, 0.15) is 0 Å². The van der Waals surface area contributed by atoms with Gasteiger partial charge in [-0.3, -0.25) is 0 Å². The van der Waals surface area contributed by atoms with E-state index in [1.165, 1.54) is 18.9 Å². The summed E-state index contributed by atoms with van der Waals surface area (Å²) in [6.45, 7) is 11.3. The molecular formula is C14H24O4S. The van der Waals surface area contributed by atoms with Crippen LogP contribution in [0.15, 0.2) is 25.3 Å². The molecule has 0 aliphatic heterocycles. The Morgan fingerprint density at radius 3 is 2.11 bits per heavy atom. The van der Waals surface area contributed by atoms with Crippen LogP contribution in [0.5, 0.6) is 0 Å². The lowest BCUT2D eigenvalue weighted by atomic mass is 10.0. The molecule has 0 amide bonds. The van der Waals surface area contributed by atoms with E-state index in [1.54, 1.807) is 0 Å². The molecule has 0 spiro atoms. The Labute approximate surface area is 121 Å². The van der Waals surface area contributed by atoms with Crippen LogP contribution in [-0.2, 0) is 18.5 Å². The minimum absolute atomic E-state index is 0.310. The van der Waals surface area contributed by atoms with Crippen molar-refractivity contribution in [1.29, 1.82) is 0 Å². The lowest BCUT2D eigenvalue weighted by Gasteiger charge is -2.13. The second-order valence-electron chi connectivity index (χ2n) is 3.87. The van der Waals surface area contributed by atoms with Crippen LogP contribution in [0.4, 0.5) is 0 Å². The Balaban J connectivity index is 0. The zero-order valence-electron chi connectivity index (χ0n) is 11.8. The summed E-state index contributed by atoms with van der Waals surface area (Å²) < 4.78 is 8.82. The topological polar surface area (TPSA) is 52.6 Å². The summed E-state index contributed by atoms with van der Waals surface area (Å²) in [6.07, 6.45) is 6.89. The molecule has 0 saturated carbocycles. The van der Waals surface area contributed by atoms with Crippen LogP contribution in [-0.4, -0.2) is 18.5 Å². The first kappa shape index (κ1) is 20.1. The first-order valence-corrected chi connectivity index (χ1v) is 6.69. The Morgan fingerprint density at radius 2 is 1.79 bits per heavy atom. The highest BCUT2D eigenvalue weighted by atomic mass is 32.1. The Hall–Kier alpha value is -1.23. The maximum atomic E-state index is 10.8. The van der Waals surface area contributed by atoms with Crippen molar-refractivity contribution in [1.82, 2.24) is 0 Å². The minimum atomic E-state index is -0.529. The molecule has 0 bridgehead atoms. The average Bonchev–Trinajstić information content (AvgIpc) is 2.46. The lowest BCUT2D eigenvalue weighted by molar-refractivity contribution is -0.139. The van der Waals surface area contributed by atoms with E-state index in [0.717, 1.165) is 18.9 Å². The van der Waals surface area contributed by atoms with Crippen LogP contribution in [0.25, 0.3) is 0 Å². The number of esters is 1. The summed E-state index contributed by atoms with van der Waals surface area (Å²) in [6, 6.07) is 0. The summed E-state index contributed by atoms with van der Waals surface area (Å²) in [5.74, 6) is -0.322. The molecule has 19 heavy (non-hydrogen) atoms. The van der Waals surface area contributed by atoms with Crippen LogP contribution in [0.1, 0.15) is 39.5 Å². The van der Waals surface area contributed by atoms with Crippen LogP contribution in [0.2, 0.25) is 0 Å². The minimum Gasteiger partial charge on any atom is -0.462 e. The van der Waals surface area contributed by atoms with Gasteiger partial charge < -0.3 is 8.92 Å². The maximum Gasteiger partial charge on any atom is 0.341 e. The fourth-order valence-corrected chi connectivity index (χ4v) is 1.27. The van der Waals surface area contributed by atoms with Gasteiger partial charge in [-0.25, -0.2) is 9.59 Å². The number of thiol groups is 1. The molecule has 1 atom stereocenters. The molecule has 0 saturated heterocycles. The molecule has 110 valence electrons. The Kier molecular flexibility index (Phi) is 15.7. The molecule has 5 heteroatoms. The smallest absolute Gasteiger partial charge is 0.341 e. The Morgan fingerprint density at radius 1 is 1.21 bits per heavy atom. The first-order chi connectivity index (χ1) is 9.05. The van der Waals surface area contributed by atoms with Gasteiger partial charge >= 0.3 is 11.9 Å². The average molecular weight is 288 g/mol. The number of hydrogen-bond acceptors (Lipinski definition) is 5. The second-order valence-corrected chi connectivity index (χ2v) is 4.05.